The van der Waals surface area contributed by atoms with Gasteiger partial charge < -0.3 is 10.6 Å². The number of carbonyl (C=O) groups excluding carboxylic acids is 2. The Kier molecular flexibility index (Phi) is 4.76. The molecule has 2 amide bonds. The summed E-state index contributed by atoms with van der Waals surface area (Å²) in [6.07, 6.45) is -0.269. The number of benzene rings is 2. The molecule has 3 aromatic rings. The number of rotatable bonds is 3. The summed E-state index contributed by atoms with van der Waals surface area (Å²) in [5, 5.41) is 9.31. The van der Waals surface area contributed by atoms with E-state index in [9.17, 15) is 27.2 Å². The summed E-state index contributed by atoms with van der Waals surface area (Å²) in [6.45, 7) is 1.68. The van der Waals surface area contributed by atoms with Crippen LogP contribution in [0.2, 0.25) is 0 Å². The fourth-order valence-electron chi connectivity index (χ4n) is 3.28. The van der Waals surface area contributed by atoms with Crippen molar-refractivity contribution in [1.82, 2.24) is 9.78 Å². The van der Waals surface area contributed by atoms with Crippen LogP contribution in [0.15, 0.2) is 36.4 Å². The van der Waals surface area contributed by atoms with Gasteiger partial charge in [-0.2, -0.15) is 5.10 Å². The fraction of sp³-hybridized carbons (Fsp3) is 0.150. The molecule has 1 aliphatic heterocycles. The first kappa shape index (κ1) is 19.6. The number of amides is 2. The van der Waals surface area contributed by atoms with Gasteiger partial charge in [-0.3, -0.25) is 9.59 Å². The van der Waals surface area contributed by atoms with Gasteiger partial charge in [0.2, 0.25) is 11.8 Å². The highest BCUT2D eigenvalue weighted by Crippen LogP contribution is 2.34. The van der Waals surface area contributed by atoms with Crippen LogP contribution in [0.1, 0.15) is 18.0 Å². The number of hydrogen-bond donors (Lipinski definition) is 2. The smallest absolute Gasteiger partial charge is 0.249 e. The van der Waals surface area contributed by atoms with E-state index in [0.29, 0.717) is 29.0 Å². The van der Waals surface area contributed by atoms with Crippen LogP contribution in [0, 0.1) is 30.2 Å². The fourth-order valence-corrected chi connectivity index (χ4v) is 3.28. The van der Waals surface area contributed by atoms with E-state index < -0.39 is 41.1 Å². The number of carbonyl (C=O) groups is 2. The standard InChI is InChI=1S/C20H14F4N4O2/c1-9-18(10-2-4-11(21)5-3-10)27-28-15(8-16(29)26-19(9)28)20(30)25-12-6-13(22)17(24)14(23)7-12/h2-7,15H,8H2,1H3,(H,25,30)(H,26,29)/t15-/m1/s1. The predicted octanol–water partition coefficient (Wildman–Crippen LogP) is 3.94. The summed E-state index contributed by atoms with van der Waals surface area (Å²) in [4.78, 5) is 24.9. The maximum atomic E-state index is 13.4. The quantitative estimate of drug-likeness (QED) is 0.500. The van der Waals surface area contributed by atoms with Gasteiger partial charge in [0.05, 0.1) is 12.1 Å². The molecule has 6 nitrogen and oxygen atoms in total. The molecule has 0 spiro atoms. The summed E-state index contributed by atoms with van der Waals surface area (Å²) in [6, 6.07) is 5.70. The number of nitrogens with zero attached hydrogens (tertiary/aromatic N) is 2. The van der Waals surface area contributed by atoms with Gasteiger partial charge >= 0.3 is 0 Å². The van der Waals surface area contributed by atoms with Crippen molar-refractivity contribution in [3.63, 3.8) is 0 Å². The van der Waals surface area contributed by atoms with Gasteiger partial charge in [-0.1, -0.05) is 0 Å². The van der Waals surface area contributed by atoms with Crippen LogP contribution in [0.3, 0.4) is 0 Å². The molecule has 2 N–H and O–H groups in total. The van der Waals surface area contributed by atoms with Gasteiger partial charge in [0, 0.05) is 28.9 Å². The molecule has 0 saturated heterocycles. The average molecular weight is 418 g/mol. The topological polar surface area (TPSA) is 76.0 Å². The number of hydrogen-bond acceptors (Lipinski definition) is 3. The Hall–Kier alpha value is -3.69. The third kappa shape index (κ3) is 3.40. The van der Waals surface area contributed by atoms with Gasteiger partial charge in [0.25, 0.3) is 0 Å². The number of halogens is 4. The minimum absolute atomic E-state index is 0.269. The van der Waals surface area contributed by atoms with Gasteiger partial charge in [0.15, 0.2) is 17.5 Å². The molecule has 154 valence electrons. The van der Waals surface area contributed by atoms with Gasteiger partial charge in [-0.05, 0) is 31.2 Å². The molecule has 0 saturated carbocycles. The highest BCUT2D eigenvalue weighted by Gasteiger charge is 2.34. The highest BCUT2D eigenvalue weighted by molar-refractivity contribution is 6.02. The largest absolute Gasteiger partial charge is 0.324 e. The van der Waals surface area contributed by atoms with E-state index in [4.69, 9.17) is 0 Å². The molecule has 0 bridgehead atoms. The third-order valence-electron chi connectivity index (χ3n) is 4.75. The minimum atomic E-state index is -1.65. The number of fused-ring (bicyclic) bond motifs is 1. The summed E-state index contributed by atoms with van der Waals surface area (Å²) in [7, 11) is 0. The van der Waals surface area contributed by atoms with Crippen molar-refractivity contribution in [1.29, 1.82) is 0 Å². The zero-order valence-electron chi connectivity index (χ0n) is 15.5. The van der Waals surface area contributed by atoms with Crippen molar-refractivity contribution in [3.8, 4) is 11.3 Å². The number of nitrogens with one attached hydrogen (secondary N) is 2. The number of anilines is 2. The summed E-state index contributed by atoms with van der Waals surface area (Å²) >= 11 is 0. The van der Waals surface area contributed by atoms with E-state index in [1.807, 2.05) is 0 Å². The molecule has 1 aliphatic rings. The SMILES string of the molecule is Cc1c(-c2ccc(F)cc2)nn2c1NC(=O)C[C@@H]2C(=O)Nc1cc(F)c(F)c(F)c1. The maximum absolute atomic E-state index is 13.4. The first-order valence-electron chi connectivity index (χ1n) is 8.85. The van der Waals surface area contributed by atoms with Crippen molar-refractivity contribution >= 4 is 23.3 Å². The van der Waals surface area contributed by atoms with Crippen LogP contribution >= 0.6 is 0 Å². The van der Waals surface area contributed by atoms with Crippen LogP contribution in [-0.2, 0) is 9.59 Å². The van der Waals surface area contributed by atoms with Crippen molar-refractivity contribution in [2.75, 3.05) is 10.6 Å². The molecule has 0 radical (unpaired) electrons. The molecule has 10 heteroatoms. The van der Waals surface area contributed by atoms with Crippen LogP contribution < -0.4 is 10.6 Å². The van der Waals surface area contributed by atoms with Crippen LogP contribution in [0.5, 0.6) is 0 Å². The monoisotopic (exact) mass is 418 g/mol. The van der Waals surface area contributed by atoms with E-state index in [2.05, 4.69) is 15.7 Å². The third-order valence-corrected chi connectivity index (χ3v) is 4.75. The first-order valence-corrected chi connectivity index (χ1v) is 8.85. The molecule has 2 aromatic carbocycles. The zero-order valence-corrected chi connectivity index (χ0v) is 15.5. The van der Waals surface area contributed by atoms with E-state index in [-0.39, 0.29) is 17.9 Å². The minimum Gasteiger partial charge on any atom is -0.324 e. The molecule has 4 rings (SSSR count). The van der Waals surface area contributed by atoms with Crippen molar-refractivity contribution in [3.05, 3.63) is 65.2 Å². The Bertz CT molecular complexity index is 1150. The normalized spacial score (nSPS) is 15.5. The molecule has 0 unspecified atom stereocenters. The van der Waals surface area contributed by atoms with Crippen LogP contribution in [0.4, 0.5) is 29.1 Å². The molecule has 2 heterocycles. The molecular weight excluding hydrogens is 404 g/mol. The molecule has 0 aliphatic carbocycles. The predicted molar refractivity (Wildman–Crippen MR) is 99.6 cm³/mol. The summed E-state index contributed by atoms with van der Waals surface area (Å²) < 4.78 is 54.5. The lowest BCUT2D eigenvalue weighted by Gasteiger charge is -2.24. The molecule has 1 atom stereocenters. The van der Waals surface area contributed by atoms with Crippen molar-refractivity contribution < 1.29 is 27.2 Å². The van der Waals surface area contributed by atoms with E-state index in [0.717, 1.165) is 0 Å². The lowest BCUT2D eigenvalue weighted by atomic mass is 10.1. The second-order valence-corrected chi connectivity index (χ2v) is 6.78. The van der Waals surface area contributed by atoms with Gasteiger partial charge in [-0.15, -0.1) is 0 Å². The van der Waals surface area contributed by atoms with E-state index in [1.165, 1.54) is 28.9 Å². The Morgan fingerprint density at radius 2 is 1.77 bits per heavy atom. The van der Waals surface area contributed by atoms with Crippen molar-refractivity contribution in [2.24, 2.45) is 0 Å². The Balaban J connectivity index is 1.69. The second kappa shape index (κ2) is 7.29. The van der Waals surface area contributed by atoms with Gasteiger partial charge in [0.1, 0.15) is 17.7 Å². The van der Waals surface area contributed by atoms with Crippen LogP contribution in [0.25, 0.3) is 11.3 Å². The second-order valence-electron chi connectivity index (χ2n) is 6.78. The van der Waals surface area contributed by atoms with Crippen LogP contribution in [-0.4, -0.2) is 21.6 Å². The van der Waals surface area contributed by atoms with E-state index >= 15 is 0 Å². The van der Waals surface area contributed by atoms with Crippen molar-refractivity contribution in [2.45, 2.75) is 19.4 Å². The Morgan fingerprint density at radius 1 is 1.13 bits per heavy atom. The van der Waals surface area contributed by atoms with E-state index in [1.54, 1.807) is 6.92 Å². The molecule has 1 aromatic heterocycles. The molecule has 0 fully saturated rings. The lowest BCUT2D eigenvalue weighted by molar-refractivity contribution is -0.125. The summed E-state index contributed by atoms with van der Waals surface area (Å²) in [5.74, 6) is -5.93. The Labute approximate surface area is 167 Å². The molecule has 30 heavy (non-hydrogen) atoms. The van der Waals surface area contributed by atoms with Gasteiger partial charge in [-0.25, -0.2) is 22.2 Å². The zero-order chi connectivity index (χ0) is 21.6. The molecular formula is C20H14F4N4O2. The summed E-state index contributed by atoms with van der Waals surface area (Å²) in [5.41, 5.74) is 1.27. The first-order chi connectivity index (χ1) is 14.2. The highest BCUT2D eigenvalue weighted by atomic mass is 19.2. The maximum Gasteiger partial charge on any atom is 0.249 e. The average Bonchev–Trinajstić information content (AvgIpc) is 3.02. The lowest BCUT2D eigenvalue weighted by Crippen LogP contribution is -2.36. The Morgan fingerprint density at radius 3 is 2.40 bits per heavy atom. The number of aromatic nitrogens is 2.